The minimum absolute atomic E-state index is 0.133. The number of piperazine rings is 1. The number of aryl methyl sites for hydroxylation is 1. The van der Waals surface area contributed by atoms with E-state index < -0.39 is 10.0 Å². The first-order valence-electron chi connectivity index (χ1n) is 11.7. The average Bonchev–Trinajstić information content (AvgIpc) is 2.90. The summed E-state index contributed by atoms with van der Waals surface area (Å²) < 4.78 is 29.6. The topological polar surface area (TPSA) is 40.6 Å². The van der Waals surface area contributed by atoms with Crippen LogP contribution in [0.2, 0.25) is 0 Å². The molecule has 4 nitrogen and oxygen atoms in total. The molecule has 1 aliphatic heterocycles. The number of nitrogens with zero attached hydrogens (tertiary/aromatic N) is 2. The Balaban J connectivity index is 1.65. The second-order valence-corrected chi connectivity index (χ2v) is 10.6. The van der Waals surface area contributed by atoms with Gasteiger partial charge >= 0.3 is 0 Å². The number of benzene rings is 4. The molecular weight excluding hydrogens is 452 g/mol. The Bertz CT molecular complexity index is 1400. The minimum Gasteiger partial charge on any atom is -0.357 e. The molecule has 0 bridgehead atoms. The molecule has 1 unspecified atom stereocenters. The van der Waals surface area contributed by atoms with Gasteiger partial charge in [0.1, 0.15) is 0 Å². The zero-order valence-corrected chi connectivity index (χ0v) is 20.5. The van der Waals surface area contributed by atoms with Gasteiger partial charge in [-0.25, -0.2) is 8.42 Å². The molecule has 0 saturated carbocycles. The summed E-state index contributed by atoms with van der Waals surface area (Å²) in [6, 6.07) is 37.2. The summed E-state index contributed by atoms with van der Waals surface area (Å²) in [6.45, 7) is 2.73. The normalized spacial score (nSPS) is 17.5. The van der Waals surface area contributed by atoms with E-state index in [0.29, 0.717) is 18.0 Å². The highest BCUT2D eigenvalue weighted by molar-refractivity contribution is 7.89. The van der Waals surface area contributed by atoms with E-state index in [9.17, 15) is 8.42 Å². The molecular formula is C30H28N2O2S. The van der Waals surface area contributed by atoms with Crippen molar-refractivity contribution in [3.05, 3.63) is 138 Å². The predicted octanol–water partition coefficient (Wildman–Crippen LogP) is 6.29. The third-order valence-electron chi connectivity index (χ3n) is 6.38. The number of sulfonamides is 1. The summed E-state index contributed by atoms with van der Waals surface area (Å²) in [5, 5.41) is 0. The lowest BCUT2D eigenvalue weighted by molar-refractivity contribution is 0.391. The molecule has 1 atom stereocenters. The van der Waals surface area contributed by atoms with Crippen LogP contribution in [0.3, 0.4) is 0 Å². The Morgan fingerprint density at radius 2 is 1.31 bits per heavy atom. The molecule has 1 aliphatic rings. The number of rotatable bonds is 5. The highest BCUT2D eigenvalue weighted by Gasteiger charge is 2.37. The van der Waals surface area contributed by atoms with Crippen LogP contribution in [-0.2, 0) is 10.0 Å². The Labute approximate surface area is 207 Å². The molecule has 1 fully saturated rings. The van der Waals surface area contributed by atoms with Gasteiger partial charge in [0.25, 0.3) is 10.0 Å². The summed E-state index contributed by atoms with van der Waals surface area (Å²) in [5.74, 6) is 0. The molecule has 1 heterocycles. The second kappa shape index (κ2) is 9.80. The molecule has 4 aromatic rings. The molecule has 1 saturated heterocycles. The highest BCUT2D eigenvalue weighted by Crippen LogP contribution is 2.37. The van der Waals surface area contributed by atoms with E-state index >= 15 is 0 Å². The van der Waals surface area contributed by atoms with E-state index in [4.69, 9.17) is 0 Å². The van der Waals surface area contributed by atoms with Crippen LogP contribution >= 0.6 is 0 Å². The molecule has 0 radical (unpaired) electrons. The molecule has 0 amide bonds. The van der Waals surface area contributed by atoms with Crippen molar-refractivity contribution < 1.29 is 8.42 Å². The standard InChI is InChI=1S/C30H28N2O2S/c1-24-17-19-29(20-18-24)35(33,34)32-23-30(26-13-7-3-8-14-26)31(27-15-9-4-10-16-27)22-28(32)21-25-11-5-2-6-12-25/h2-21,30H,22-23H2,1H3/b28-21+. The van der Waals surface area contributed by atoms with Gasteiger partial charge in [-0.3, -0.25) is 4.31 Å². The zero-order chi connectivity index (χ0) is 24.3. The Hall–Kier alpha value is -3.83. The van der Waals surface area contributed by atoms with Crippen LogP contribution in [0.25, 0.3) is 6.08 Å². The number of hydrogen-bond acceptors (Lipinski definition) is 3. The van der Waals surface area contributed by atoms with Gasteiger partial charge in [-0.2, -0.15) is 0 Å². The van der Waals surface area contributed by atoms with Crippen molar-refractivity contribution in [2.75, 3.05) is 18.0 Å². The van der Waals surface area contributed by atoms with Crippen LogP contribution in [-0.4, -0.2) is 25.8 Å². The van der Waals surface area contributed by atoms with Gasteiger partial charge in [0, 0.05) is 11.4 Å². The van der Waals surface area contributed by atoms with E-state index in [2.05, 4.69) is 29.2 Å². The molecule has 4 aromatic carbocycles. The first-order chi connectivity index (χ1) is 17.0. The van der Waals surface area contributed by atoms with Crippen LogP contribution in [0, 0.1) is 6.92 Å². The quantitative estimate of drug-likeness (QED) is 0.337. The van der Waals surface area contributed by atoms with Gasteiger partial charge in [0.15, 0.2) is 0 Å². The average molecular weight is 481 g/mol. The van der Waals surface area contributed by atoms with Crippen LogP contribution in [0.4, 0.5) is 5.69 Å². The van der Waals surface area contributed by atoms with Crippen molar-refractivity contribution >= 4 is 21.8 Å². The fraction of sp³-hybridized carbons (Fsp3) is 0.133. The Kier molecular flexibility index (Phi) is 6.43. The maximum Gasteiger partial charge on any atom is 0.264 e. The van der Waals surface area contributed by atoms with Gasteiger partial charge in [-0.15, -0.1) is 0 Å². The summed E-state index contributed by atoms with van der Waals surface area (Å²) in [7, 11) is -3.76. The third kappa shape index (κ3) is 4.86. The summed E-state index contributed by atoms with van der Waals surface area (Å²) >= 11 is 0. The number of para-hydroxylation sites is 1. The number of hydrogen-bond donors (Lipinski definition) is 0. The van der Waals surface area contributed by atoms with Gasteiger partial charge < -0.3 is 4.90 Å². The summed E-state index contributed by atoms with van der Waals surface area (Å²) in [5.41, 5.74) is 4.89. The third-order valence-corrected chi connectivity index (χ3v) is 8.21. The van der Waals surface area contributed by atoms with Crippen molar-refractivity contribution in [2.24, 2.45) is 0 Å². The van der Waals surface area contributed by atoms with Gasteiger partial charge in [0.2, 0.25) is 0 Å². The van der Waals surface area contributed by atoms with E-state index in [0.717, 1.165) is 28.1 Å². The van der Waals surface area contributed by atoms with Crippen LogP contribution in [0.1, 0.15) is 22.7 Å². The van der Waals surface area contributed by atoms with Gasteiger partial charge in [0.05, 0.1) is 24.0 Å². The number of anilines is 1. The fourth-order valence-electron chi connectivity index (χ4n) is 4.54. The van der Waals surface area contributed by atoms with Crippen molar-refractivity contribution in [3.8, 4) is 0 Å². The van der Waals surface area contributed by atoms with Crippen LogP contribution in [0.5, 0.6) is 0 Å². The van der Waals surface area contributed by atoms with Crippen molar-refractivity contribution in [3.63, 3.8) is 0 Å². The van der Waals surface area contributed by atoms with E-state index in [-0.39, 0.29) is 6.04 Å². The van der Waals surface area contributed by atoms with E-state index in [1.54, 1.807) is 16.4 Å². The van der Waals surface area contributed by atoms with Gasteiger partial charge in [-0.05, 0) is 48.4 Å². The fourth-order valence-corrected chi connectivity index (χ4v) is 6.03. The van der Waals surface area contributed by atoms with Crippen molar-refractivity contribution in [1.82, 2.24) is 4.31 Å². The molecule has 35 heavy (non-hydrogen) atoms. The monoisotopic (exact) mass is 480 g/mol. The van der Waals surface area contributed by atoms with Crippen molar-refractivity contribution in [2.45, 2.75) is 17.9 Å². The van der Waals surface area contributed by atoms with Crippen molar-refractivity contribution in [1.29, 1.82) is 0 Å². The van der Waals surface area contributed by atoms with Crippen LogP contribution in [0.15, 0.2) is 126 Å². The lowest BCUT2D eigenvalue weighted by Gasteiger charge is -2.44. The second-order valence-electron chi connectivity index (χ2n) is 8.79. The largest absolute Gasteiger partial charge is 0.357 e. The van der Waals surface area contributed by atoms with Crippen LogP contribution < -0.4 is 4.90 Å². The Morgan fingerprint density at radius 3 is 1.94 bits per heavy atom. The smallest absolute Gasteiger partial charge is 0.264 e. The Morgan fingerprint density at radius 1 is 0.743 bits per heavy atom. The lowest BCUT2D eigenvalue weighted by Crippen LogP contribution is -2.49. The highest BCUT2D eigenvalue weighted by atomic mass is 32.2. The molecule has 5 rings (SSSR count). The minimum atomic E-state index is -3.76. The molecule has 0 N–H and O–H groups in total. The summed E-state index contributed by atoms with van der Waals surface area (Å²) in [6.07, 6.45) is 1.99. The maximum absolute atomic E-state index is 14.0. The predicted molar refractivity (Wildman–Crippen MR) is 142 cm³/mol. The van der Waals surface area contributed by atoms with E-state index in [1.807, 2.05) is 91.9 Å². The molecule has 0 aromatic heterocycles. The molecule has 5 heteroatoms. The molecule has 176 valence electrons. The first-order valence-corrected chi connectivity index (χ1v) is 13.2. The molecule has 0 aliphatic carbocycles. The summed E-state index contributed by atoms with van der Waals surface area (Å²) in [4.78, 5) is 2.60. The maximum atomic E-state index is 14.0. The SMILES string of the molecule is Cc1ccc(S(=O)(=O)N2CC(c3ccccc3)N(c3ccccc3)C/C2=C\c2ccccc2)cc1. The van der Waals surface area contributed by atoms with E-state index in [1.165, 1.54) is 0 Å². The lowest BCUT2D eigenvalue weighted by atomic mass is 10.0. The molecule has 0 spiro atoms. The first kappa shape index (κ1) is 22.9. The van der Waals surface area contributed by atoms with Gasteiger partial charge in [-0.1, -0.05) is 96.6 Å². The zero-order valence-electron chi connectivity index (χ0n) is 19.7.